The first-order valence-corrected chi connectivity index (χ1v) is 15.9. The minimum absolute atomic E-state index is 0.0334. The number of ether oxygens (including phenoxy) is 1. The average Bonchev–Trinajstić information content (AvgIpc) is 3.21. The standard InChI is InChI=1S/C32H44F6N4O5/c1-19-10-12-21(13-11-19)23-17-22-14-15-26(41(22)3)24(23)18-47-28(44)25(40-27(43)9-6-7-20(2)39)8-4-5-16-42(29(45)31(33,34)35)30(46)32(36,37)38/h10-13,20,22-26H,4-9,14-18,39H2,1-3H3,(H,40,43)/t20?,22?,23-,24+,25+,26?/m1/s1. The number of carbonyl (C=O) groups is 4. The molecule has 47 heavy (non-hydrogen) atoms. The van der Waals surface area contributed by atoms with Gasteiger partial charge in [-0.05, 0) is 83.7 Å². The Kier molecular flexibility index (Phi) is 13.2. The number of nitrogens with one attached hydrogen (secondary N) is 1. The minimum Gasteiger partial charge on any atom is -0.464 e. The molecule has 1 aromatic carbocycles. The minimum atomic E-state index is -5.70. The van der Waals surface area contributed by atoms with E-state index in [0.717, 1.165) is 30.4 Å². The molecule has 2 fully saturated rings. The van der Waals surface area contributed by atoms with Gasteiger partial charge in [-0.3, -0.25) is 19.3 Å². The zero-order valence-electron chi connectivity index (χ0n) is 26.8. The second-order valence-electron chi connectivity index (χ2n) is 12.8. The maximum Gasteiger partial charge on any atom is 0.471 e. The number of aryl methyl sites for hydroxylation is 1. The van der Waals surface area contributed by atoms with Gasteiger partial charge in [-0.15, -0.1) is 0 Å². The Bertz CT molecular complexity index is 1210. The topological polar surface area (TPSA) is 122 Å². The molecule has 9 nitrogen and oxygen atoms in total. The third kappa shape index (κ3) is 10.6. The number of nitrogens with zero attached hydrogens (tertiary/aromatic N) is 2. The molecule has 0 aliphatic carbocycles. The summed E-state index contributed by atoms with van der Waals surface area (Å²) in [5.74, 6) is -7.09. The summed E-state index contributed by atoms with van der Waals surface area (Å²) in [6, 6.07) is 7.34. The molecule has 6 atom stereocenters. The fourth-order valence-corrected chi connectivity index (χ4v) is 6.60. The maximum atomic E-state index is 13.4. The number of hydrogen-bond donors (Lipinski definition) is 2. The van der Waals surface area contributed by atoms with Crippen LogP contribution >= 0.6 is 0 Å². The van der Waals surface area contributed by atoms with Crippen LogP contribution in [0.4, 0.5) is 26.3 Å². The molecule has 3 rings (SSSR count). The highest BCUT2D eigenvalue weighted by atomic mass is 19.4. The summed E-state index contributed by atoms with van der Waals surface area (Å²) >= 11 is 0. The number of halogens is 6. The number of benzene rings is 1. The van der Waals surface area contributed by atoms with E-state index in [1.165, 1.54) is 0 Å². The number of alkyl halides is 6. The van der Waals surface area contributed by atoms with Crippen molar-refractivity contribution >= 4 is 23.7 Å². The van der Waals surface area contributed by atoms with Crippen molar-refractivity contribution in [2.75, 3.05) is 20.2 Å². The highest BCUT2D eigenvalue weighted by Gasteiger charge is 2.52. The summed E-state index contributed by atoms with van der Waals surface area (Å²) in [6.45, 7) is 2.63. The van der Waals surface area contributed by atoms with Crippen molar-refractivity contribution in [3.63, 3.8) is 0 Å². The van der Waals surface area contributed by atoms with E-state index < -0.39 is 60.0 Å². The second-order valence-corrected chi connectivity index (χ2v) is 12.8. The van der Waals surface area contributed by atoms with E-state index in [9.17, 15) is 45.5 Å². The van der Waals surface area contributed by atoms with Gasteiger partial charge in [0, 0.05) is 37.0 Å². The molecule has 2 heterocycles. The third-order valence-corrected chi connectivity index (χ3v) is 9.14. The van der Waals surface area contributed by atoms with Gasteiger partial charge in [0.1, 0.15) is 6.04 Å². The Labute approximate surface area is 270 Å². The first kappa shape index (κ1) is 38.2. The molecule has 2 bridgehead atoms. The molecule has 3 unspecified atom stereocenters. The molecular weight excluding hydrogens is 634 g/mol. The number of unbranched alkanes of at least 4 members (excludes halogenated alkanes) is 1. The lowest BCUT2D eigenvalue weighted by atomic mass is 9.76. The summed E-state index contributed by atoms with van der Waals surface area (Å²) in [7, 11) is 2.05. The largest absolute Gasteiger partial charge is 0.471 e. The summed E-state index contributed by atoms with van der Waals surface area (Å²) in [4.78, 5) is 50.7. The van der Waals surface area contributed by atoms with Crippen LogP contribution in [0, 0.1) is 12.8 Å². The van der Waals surface area contributed by atoms with E-state index in [1.54, 1.807) is 6.92 Å². The van der Waals surface area contributed by atoms with E-state index in [2.05, 4.69) is 22.3 Å². The summed E-state index contributed by atoms with van der Waals surface area (Å²) in [5.41, 5.74) is 7.98. The number of esters is 1. The monoisotopic (exact) mass is 678 g/mol. The smallest absolute Gasteiger partial charge is 0.464 e. The molecule has 2 saturated heterocycles. The number of imide groups is 1. The molecule has 2 aliphatic heterocycles. The quantitative estimate of drug-likeness (QED) is 0.165. The number of hydrogen-bond acceptors (Lipinski definition) is 7. The highest BCUT2D eigenvalue weighted by Crippen LogP contribution is 2.46. The second kappa shape index (κ2) is 16.3. The fourth-order valence-electron chi connectivity index (χ4n) is 6.60. The zero-order valence-corrected chi connectivity index (χ0v) is 26.8. The van der Waals surface area contributed by atoms with Crippen molar-refractivity contribution < 1.29 is 50.3 Å². The van der Waals surface area contributed by atoms with Gasteiger partial charge >= 0.3 is 30.1 Å². The summed E-state index contributed by atoms with van der Waals surface area (Å²) in [5, 5.41) is 2.58. The van der Waals surface area contributed by atoms with Crippen LogP contribution in [0.3, 0.4) is 0 Å². The van der Waals surface area contributed by atoms with Gasteiger partial charge in [0.15, 0.2) is 0 Å². The lowest BCUT2D eigenvalue weighted by Crippen LogP contribution is -2.50. The number of amides is 3. The van der Waals surface area contributed by atoms with Gasteiger partial charge in [-0.2, -0.15) is 26.3 Å². The molecule has 0 radical (unpaired) electrons. The van der Waals surface area contributed by atoms with E-state index in [1.807, 2.05) is 26.1 Å². The van der Waals surface area contributed by atoms with Gasteiger partial charge in [0.05, 0.1) is 6.61 Å². The molecule has 15 heteroatoms. The first-order valence-electron chi connectivity index (χ1n) is 15.9. The van der Waals surface area contributed by atoms with Crippen LogP contribution < -0.4 is 11.1 Å². The summed E-state index contributed by atoms with van der Waals surface area (Å²) < 4.78 is 83.4. The van der Waals surface area contributed by atoms with E-state index in [-0.39, 0.29) is 49.8 Å². The SMILES string of the molecule is Cc1ccc([C@H]2CC3CCC([C@H]2COC(=O)[C@H](CCCCN(C(=O)C(F)(F)F)C(=O)C(F)(F)F)NC(=O)CCCC(C)N)N3C)cc1. The van der Waals surface area contributed by atoms with Crippen molar-refractivity contribution in [3.05, 3.63) is 35.4 Å². The number of rotatable bonds is 14. The lowest BCUT2D eigenvalue weighted by molar-refractivity contribution is -0.204. The molecule has 2 aliphatic rings. The van der Waals surface area contributed by atoms with Gasteiger partial charge < -0.3 is 20.7 Å². The van der Waals surface area contributed by atoms with Crippen molar-refractivity contribution in [3.8, 4) is 0 Å². The number of carbonyl (C=O) groups excluding carboxylic acids is 4. The fraction of sp³-hybridized carbons (Fsp3) is 0.688. The number of nitrogens with two attached hydrogens (primary N) is 1. The maximum absolute atomic E-state index is 13.4. The van der Waals surface area contributed by atoms with Crippen LogP contribution in [0.1, 0.15) is 81.8 Å². The van der Waals surface area contributed by atoms with E-state index in [4.69, 9.17) is 10.5 Å². The van der Waals surface area contributed by atoms with Gasteiger partial charge in [0.25, 0.3) is 0 Å². The van der Waals surface area contributed by atoms with Crippen molar-refractivity contribution in [2.24, 2.45) is 11.7 Å². The van der Waals surface area contributed by atoms with Crippen LogP contribution in [-0.4, -0.2) is 90.2 Å². The van der Waals surface area contributed by atoms with Crippen molar-refractivity contribution in [2.45, 2.75) is 114 Å². The molecule has 0 saturated carbocycles. The molecule has 3 N–H and O–H groups in total. The van der Waals surface area contributed by atoms with Crippen molar-refractivity contribution in [1.82, 2.24) is 15.1 Å². The lowest BCUT2D eigenvalue weighted by Gasteiger charge is -2.43. The van der Waals surface area contributed by atoms with E-state index >= 15 is 0 Å². The molecule has 264 valence electrons. The molecule has 0 spiro atoms. The normalized spacial score (nSPS) is 22.8. The Morgan fingerprint density at radius 2 is 1.60 bits per heavy atom. The van der Waals surface area contributed by atoms with Crippen LogP contribution in [0.2, 0.25) is 0 Å². The molecule has 1 aromatic rings. The number of fused-ring (bicyclic) bond motifs is 2. The first-order chi connectivity index (χ1) is 21.9. The van der Waals surface area contributed by atoms with Gasteiger partial charge in [-0.25, -0.2) is 4.79 Å². The van der Waals surface area contributed by atoms with E-state index in [0.29, 0.717) is 18.9 Å². The van der Waals surface area contributed by atoms with Gasteiger partial charge in [-0.1, -0.05) is 29.8 Å². The Hall–Kier alpha value is -3.20. The van der Waals surface area contributed by atoms with Crippen LogP contribution in [-0.2, 0) is 23.9 Å². The highest BCUT2D eigenvalue weighted by molar-refractivity contribution is 6.00. The van der Waals surface area contributed by atoms with Crippen molar-refractivity contribution in [1.29, 1.82) is 0 Å². The Morgan fingerprint density at radius 1 is 0.979 bits per heavy atom. The zero-order chi connectivity index (χ0) is 35.1. The summed E-state index contributed by atoms with van der Waals surface area (Å²) in [6.07, 6.45) is -8.48. The van der Waals surface area contributed by atoms with Crippen LogP contribution in [0.5, 0.6) is 0 Å². The predicted molar refractivity (Wildman–Crippen MR) is 160 cm³/mol. The third-order valence-electron chi connectivity index (χ3n) is 9.14. The molecule has 0 aromatic heterocycles. The van der Waals surface area contributed by atoms with Gasteiger partial charge in [0.2, 0.25) is 5.91 Å². The Morgan fingerprint density at radius 3 is 2.17 bits per heavy atom. The van der Waals surface area contributed by atoms with Crippen LogP contribution in [0.15, 0.2) is 24.3 Å². The average molecular weight is 679 g/mol. The number of piperidine rings is 1. The predicted octanol–water partition coefficient (Wildman–Crippen LogP) is 4.76. The Balaban J connectivity index is 1.70. The molecule has 3 amide bonds. The molecular formula is C32H44F6N4O5. The van der Waals surface area contributed by atoms with Crippen LogP contribution in [0.25, 0.3) is 0 Å².